The van der Waals surface area contributed by atoms with Crippen LogP contribution in [0.4, 0.5) is 0 Å². The molecule has 122 valence electrons. The second kappa shape index (κ2) is 5.91. The summed E-state index contributed by atoms with van der Waals surface area (Å²) >= 11 is 5.89. The van der Waals surface area contributed by atoms with E-state index in [1.54, 1.807) is 30.5 Å². The zero-order valence-electron chi connectivity index (χ0n) is 13.3. The number of carbonyl (C=O) groups is 1. The molecule has 6 heteroatoms. The van der Waals surface area contributed by atoms with E-state index >= 15 is 0 Å². The Balaban J connectivity index is 1.56. The van der Waals surface area contributed by atoms with E-state index in [1.807, 2.05) is 24.2 Å². The third-order valence-corrected chi connectivity index (χ3v) is 4.90. The molecule has 3 aromatic rings. The molecule has 0 unspecified atom stereocenters. The molecule has 1 aliphatic heterocycles. The van der Waals surface area contributed by atoms with Gasteiger partial charge in [0, 0.05) is 42.8 Å². The van der Waals surface area contributed by atoms with Gasteiger partial charge in [0.25, 0.3) is 5.91 Å². The number of benzene rings is 1. The molecule has 0 saturated carbocycles. The van der Waals surface area contributed by atoms with Gasteiger partial charge in [0.1, 0.15) is 5.82 Å². The van der Waals surface area contributed by atoms with Gasteiger partial charge in [-0.15, -0.1) is 0 Å². The molecule has 1 aromatic carbocycles. The zero-order chi connectivity index (χ0) is 16.7. The van der Waals surface area contributed by atoms with Gasteiger partial charge < -0.3 is 9.47 Å². The van der Waals surface area contributed by atoms with Crippen LogP contribution in [0.5, 0.6) is 0 Å². The number of aromatic nitrogens is 3. The molecule has 4 rings (SSSR count). The van der Waals surface area contributed by atoms with Gasteiger partial charge in [0.15, 0.2) is 0 Å². The molecule has 0 radical (unpaired) electrons. The minimum absolute atomic E-state index is 0.0506. The number of rotatable bonds is 2. The number of aryl methyl sites for hydroxylation is 1. The number of fused-ring (bicyclic) bond motifs is 1. The van der Waals surface area contributed by atoms with E-state index in [2.05, 4.69) is 9.55 Å². The highest BCUT2D eigenvalue weighted by molar-refractivity contribution is 6.30. The number of halogens is 1. The summed E-state index contributed by atoms with van der Waals surface area (Å²) in [5.74, 6) is 1.32. The Morgan fingerprint density at radius 3 is 2.79 bits per heavy atom. The van der Waals surface area contributed by atoms with Crippen LogP contribution < -0.4 is 0 Å². The summed E-state index contributed by atoms with van der Waals surface area (Å²) in [5.41, 5.74) is 2.65. The third kappa shape index (κ3) is 2.55. The fraction of sp³-hybridized carbons (Fsp3) is 0.278. The molecule has 0 aliphatic carbocycles. The fourth-order valence-corrected chi connectivity index (χ4v) is 3.48. The molecule has 5 nitrogen and oxygen atoms in total. The molecule has 1 atom stereocenters. The first-order valence-electron chi connectivity index (χ1n) is 7.94. The van der Waals surface area contributed by atoms with Crippen LogP contribution in [0.2, 0.25) is 5.02 Å². The quantitative estimate of drug-likeness (QED) is 0.719. The topological polar surface area (TPSA) is 51.0 Å². The minimum atomic E-state index is 0.0506. The third-order valence-electron chi connectivity index (χ3n) is 4.65. The summed E-state index contributed by atoms with van der Waals surface area (Å²) in [6, 6.07) is 8.98. The smallest absolute Gasteiger partial charge is 0.253 e. The van der Waals surface area contributed by atoms with Crippen molar-refractivity contribution in [2.75, 3.05) is 13.1 Å². The van der Waals surface area contributed by atoms with Gasteiger partial charge in [-0.05, 0) is 36.8 Å². The first-order chi connectivity index (χ1) is 11.6. The van der Waals surface area contributed by atoms with Gasteiger partial charge in [-0.3, -0.25) is 9.78 Å². The van der Waals surface area contributed by atoms with Crippen molar-refractivity contribution in [3.63, 3.8) is 0 Å². The maximum Gasteiger partial charge on any atom is 0.253 e. The molecule has 1 aliphatic rings. The van der Waals surface area contributed by atoms with Gasteiger partial charge >= 0.3 is 0 Å². The maximum absolute atomic E-state index is 12.6. The van der Waals surface area contributed by atoms with Gasteiger partial charge in [0.2, 0.25) is 0 Å². The van der Waals surface area contributed by atoms with Crippen molar-refractivity contribution in [2.24, 2.45) is 7.05 Å². The van der Waals surface area contributed by atoms with Crippen molar-refractivity contribution in [2.45, 2.75) is 12.3 Å². The summed E-state index contributed by atoms with van der Waals surface area (Å²) in [4.78, 5) is 23.4. The summed E-state index contributed by atoms with van der Waals surface area (Å²) < 4.78 is 2.09. The minimum Gasteiger partial charge on any atom is -0.338 e. The van der Waals surface area contributed by atoms with Crippen LogP contribution in [-0.4, -0.2) is 38.4 Å². The van der Waals surface area contributed by atoms with E-state index in [0.717, 1.165) is 29.8 Å². The van der Waals surface area contributed by atoms with Crippen molar-refractivity contribution < 1.29 is 4.79 Å². The number of likely N-dealkylation sites (tertiary alicyclic amines) is 1. The van der Waals surface area contributed by atoms with E-state index in [9.17, 15) is 4.79 Å². The van der Waals surface area contributed by atoms with E-state index in [0.29, 0.717) is 17.1 Å². The maximum atomic E-state index is 12.6. The Hall–Kier alpha value is -2.40. The van der Waals surface area contributed by atoms with Crippen LogP contribution in [0.1, 0.15) is 28.5 Å². The summed E-state index contributed by atoms with van der Waals surface area (Å²) in [6.07, 6.45) is 4.51. The predicted octanol–water partition coefficient (Wildman–Crippen LogP) is 3.25. The highest BCUT2D eigenvalue weighted by atomic mass is 35.5. The SMILES string of the molecule is Cn1c([C@H]2CCN(C(=O)c3ccc(Cl)cc3)C2)nc2ccncc21. The molecule has 1 saturated heterocycles. The first kappa shape index (κ1) is 15.1. The lowest BCUT2D eigenvalue weighted by atomic mass is 10.1. The lowest BCUT2D eigenvalue weighted by Crippen LogP contribution is -2.28. The van der Waals surface area contributed by atoms with Crippen molar-refractivity contribution in [3.8, 4) is 0 Å². The fourth-order valence-electron chi connectivity index (χ4n) is 3.35. The predicted molar refractivity (Wildman–Crippen MR) is 93.2 cm³/mol. The van der Waals surface area contributed by atoms with Gasteiger partial charge in [-0.25, -0.2) is 4.98 Å². The van der Waals surface area contributed by atoms with Crippen molar-refractivity contribution in [1.29, 1.82) is 0 Å². The van der Waals surface area contributed by atoms with Gasteiger partial charge in [0.05, 0.1) is 17.2 Å². The monoisotopic (exact) mass is 340 g/mol. The lowest BCUT2D eigenvalue weighted by Gasteiger charge is -2.16. The number of amides is 1. The molecule has 3 heterocycles. The van der Waals surface area contributed by atoms with Crippen LogP contribution in [0.15, 0.2) is 42.7 Å². The summed E-state index contributed by atoms with van der Waals surface area (Å²) in [7, 11) is 2.01. The van der Waals surface area contributed by atoms with Crippen LogP contribution >= 0.6 is 11.6 Å². The standard InChI is InChI=1S/C18H17ClN4O/c1-22-16-10-20-8-6-15(16)21-17(22)13-7-9-23(11-13)18(24)12-2-4-14(19)5-3-12/h2-6,8,10,13H,7,9,11H2,1H3/t13-/m0/s1. The molecule has 1 amide bonds. The Labute approximate surface area is 144 Å². The summed E-state index contributed by atoms with van der Waals surface area (Å²) in [5, 5.41) is 0.638. The van der Waals surface area contributed by atoms with E-state index in [1.165, 1.54) is 0 Å². The Morgan fingerprint density at radius 2 is 2.04 bits per heavy atom. The van der Waals surface area contributed by atoms with Crippen molar-refractivity contribution >= 4 is 28.5 Å². The Bertz CT molecular complexity index is 903. The normalized spacial score (nSPS) is 17.6. The zero-order valence-corrected chi connectivity index (χ0v) is 14.1. The largest absolute Gasteiger partial charge is 0.338 e. The van der Waals surface area contributed by atoms with E-state index in [4.69, 9.17) is 16.6 Å². The van der Waals surface area contributed by atoms with Crippen LogP contribution in [0, 0.1) is 0 Å². The van der Waals surface area contributed by atoms with Crippen LogP contribution in [0.25, 0.3) is 11.0 Å². The molecule has 1 fully saturated rings. The molecule has 0 N–H and O–H groups in total. The van der Waals surface area contributed by atoms with E-state index < -0.39 is 0 Å². The molecule has 2 aromatic heterocycles. The Morgan fingerprint density at radius 1 is 1.25 bits per heavy atom. The number of hydrogen-bond acceptors (Lipinski definition) is 3. The molecular weight excluding hydrogens is 324 g/mol. The number of hydrogen-bond donors (Lipinski definition) is 0. The number of pyridine rings is 1. The lowest BCUT2D eigenvalue weighted by molar-refractivity contribution is 0.0790. The van der Waals surface area contributed by atoms with Gasteiger partial charge in [-0.2, -0.15) is 0 Å². The number of carbonyl (C=O) groups excluding carboxylic acids is 1. The van der Waals surface area contributed by atoms with E-state index in [-0.39, 0.29) is 11.8 Å². The van der Waals surface area contributed by atoms with Crippen LogP contribution in [0.3, 0.4) is 0 Å². The molecule has 24 heavy (non-hydrogen) atoms. The summed E-state index contributed by atoms with van der Waals surface area (Å²) in [6.45, 7) is 1.43. The second-order valence-electron chi connectivity index (χ2n) is 6.14. The van der Waals surface area contributed by atoms with Gasteiger partial charge in [-0.1, -0.05) is 11.6 Å². The number of nitrogens with zero attached hydrogens (tertiary/aromatic N) is 4. The second-order valence-corrected chi connectivity index (χ2v) is 6.57. The Kier molecular flexibility index (Phi) is 3.73. The number of imidazole rings is 1. The average molecular weight is 341 g/mol. The first-order valence-corrected chi connectivity index (χ1v) is 8.32. The van der Waals surface area contributed by atoms with Crippen molar-refractivity contribution in [3.05, 3.63) is 59.1 Å². The molecular formula is C18H17ClN4O. The van der Waals surface area contributed by atoms with Crippen molar-refractivity contribution in [1.82, 2.24) is 19.4 Å². The highest BCUT2D eigenvalue weighted by Gasteiger charge is 2.30. The highest BCUT2D eigenvalue weighted by Crippen LogP contribution is 2.29. The van der Waals surface area contributed by atoms with Crippen LogP contribution in [-0.2, 0) is 7.05 Å². The molecule has 0 bridgehead atoms. The average Bonchev–Trinajstić information content (AvgIpc) is 3.20. The molecule has 0 spiro atoms.